The molecule has 6 heteroatoms. The van der Waals surface area contributed by atoms with Gasteiger partial charge in [0.05, 0.1) is 13.2 Å². The molecule has 1 rings (SSSR count). The smallest absolute Gasteiger partial charge is 0.363 e. The first-order chi connectivity index (χ1) is 4.75. The van der Waals surface area contributed by atoms with Gasteiger partial charge in [-0.25, -0.2) is 4.79 Å². The summed E-state index contributed by atoms with van der Waals surface area (Å²) in [5.74, 6) is 0. The topological polar surface area (TPSA) is 72.9 Å². The number of aromatic nitrogens is 4. The van der Waals surface area contributed by atoms with E-state index in [-0.39, 0.29) is 18.8 Å². The molecule has 0 aliphatic carbocycles. The summed E-state index contributed by atoms with van der Waals surface area (Å²) < 4.78 is 2.20. The van der Waals surface area contributed by atoms with Crippen molar-refractivity contribution in [1.29, 1.82) is 0 Å². The lowest BCUT2D eigenvalue weighted by atomic mass is 10.7. The number of nitrogens with zero attached hydrogens (tertiary/aromatic N) is 4. The van der Waals surface area contributed by atoms with Gasteiger partial charge < -0.3 is 5.11 Å². The van der Waals surface area contributed by atoms with Crippen molar-refractivity contribution in [3.8, 4) is 0 Å². The molecule has 0 spiro atoms. The number of hydrogen-bond donors (Lipinski definition) is 1. The SMILES string of the molecule is Cn1nnn(CCO)c1=O. The van der Waals surface area contributed by atoms with Gasteiger partial charge in [-0.2, -0.15) is 9.36 Å². The largest absolute Gasteiger partial charge is 0.394 e. The third-order valence-corrected chi connectivity index (χ3v) is 1.09. The Morgan fingerprint density at radius 3 is 2.70 bits per heavy atom. The van der Waals surface area contributed by atoms with Crippen molar-refractivity contribution in [2.24, 2.45) is 7.05 Å². The fraction of sp³-hybridized carbons (Fsp3) is 0.750. The molecule has 6 nitrogen and oxygen atoms in total. The van der Waals surface area contributed by atoms with Crippen molar-refractivity contribution >= 4 is 0 Å². The summed E-state index contributed by atoms with van der Waals surface area (Å²) in [6, 6.07) is 0. The molecule has 0 unspecified atom stereocenters. The number of rotatable bonds is 2. The minimum Gasteiger partial charge on any atom is -0.394 e. The number of hydrogen-bond acceptors (Lipinski definition) is 4. The molecule has 0 saturated carbocycles. The molecule has 1 heterocycles. The van der Waals surface area contributed by atoms with E-state index < -0.39 is 0 Å². The Morgan fingerprint density at radius 1 is 1.60 bits per heavy atom. The zero-order valence-corrected chi connectivity index (χ0v) is 5.56. The van der Waals surface area contributed by atoms with Crippen LogP contribution in [0.15, 0.2) is 4.79 Å². The minimum atomic E-state index is -0.311. The number of tetrazole rings is 1. The molecule has 10 heavy (non-hydrogen) atoms. The van der Waals surface area contributed by atoms with Crippen LogP contribution < -0.4 is 5.69 Å². The lowest BCUT2D eigenvalue weighted by molar-refractivity contribution is 0.266. The lowest BCUT2D eigenvalue weighted by Gasteiger charge is -1.89. The lowest BCUT2D eigenvalue weighted by Crippen LogP contribution is -2.24. The second-order valence-corrected chi connectivity index (χ2v) is 1.83. The summed E-state index contributed by atoms with van der Waals surface area (Å²) in [6.45, 7) is 0.102. The Balaban J connectivity index is 2.95. The molecule has 1 N–H and O–H groups in total. The van der Waals surface area contributed by atoms with E-state index in [0.29, 0.717) is 0 Å². The van der Waals surface area contributed by atoms with Gasteiger partial charge in [0.15, 0.2) is 0 Å². The Morgan fingerprint density at radius 2 is 2.30 bits per heavy atom. The number of aliphatic hydroxyl groups is 1. The summed E-state index contributed by atoms with van der Waals surface area (Å²) in [4.78, 5) is 10.8. The second-order valence-electron chi connectivity index (χ2n) is 1.83. The number of aryl methyl sites for hydroxylation is 1. The van der Waals surface area contributed by atoms with Gasteiger partial charge in [0, 0.05) is 7.05 Å². The molecule has 0 aliphatic heterocycles. The fourth-order valence-corrected chi connectivity index (χ4v) is 0.587. The maximum Gasteiger partial charge on any atom is 0.363 e. The van der Waals surface area contributed by atoms with Crippen LogP contribution in [0.1, 0.15) is 0 Å². The summed E-state index contributed by atoms with van der Waals surface area (Å²) in [7, 11) is 1.50. The molecule has 0 bridgehead atoms. The summed E-state index contributed by atoms with van der Waals surface area (Å²) in [6.07, 6.45) is 0. The van der Waals surface area contributed by atoms with Gasteiger partial charge in [0.2, 0.25) is 0 Å². The van der Waals surface area contributed by atoms with Crippen LogP contribution in [-0.4, -0.2) is 31.5 Å². The highest BCUT2D eigenvalue weighted by Crippen LogP contribution is 1.68. The molecule has 0 fully saturated rings. The van der Waals surface area contributed by atoms with Crippen molar-refractivity contribution < 1.29 is 5.11 Å². The van der Waals surface area contributed by atoms with Gasteiger partial charge in [-0.15, -0.1) is 0 Å². The van der Waals surface area contributed by atoms with Crippen LogP contribution in [0.25, 0.3) is 0 Å². The molecule has 1 aromatic heterocycles. The fourth-order valence-electron chi connectivity index (χ4n) is 0.587. The molecule has 0 radical (unpaired) electrons. The van der Waals surface area contributed by atoms with Gasteiger partial charge in [-0.05, 0) is 10.4 Å². The van der Waals surface area contributed by atoms with Crippen LogP contribution in [0.4, 0.5) is 0 Å². The average Bonchev–Trinajstić information content (AvgIpc) is 2.20. The average molecular weight is 144 g/mol. The van der Waals surface area contributed by atoms with Gasteiger partial charge in [-0.1, -0.05) is 0 Å². The van der Waals surface area contributed by atoms with Crippen LogP contribution in [0.3, 0.4) is 0 Å². The van der Waals surface area contributed by atoms with Crippen molar-refractivity contribution in [3.05, 3.63) is 10.5 Å². The maximum atomic E-state index is 10.8. The maximum absolute atomic E-state index is 10.8. The molecule has 1 aromatic rings. The Hall–Kier alpha value is -1.17. The minimum absolute atomic E-state index is 0.0986. The zero-order chi connectivity index (χ0) is 7.56. The second kappa shape index (κ2) is 2.61. The van der Waals surface area contributed by atoms with E-state index in [2.05, 4.69) is 10.4 Å². The predicted octanol–water partition coefficient (Wildman–Crippen LogP) is -2.03. The highest BCUT2D eigenvalue weighted by molar-refractivity contribution is 4.54. The van der Waals surface area contributed by atoms with Gasteiger partial charge in [0.25, 0.3) is 0 Å². The third-order valence-electron chi connectivity index (χ3n) is 1.09. The Kier molecular flexibility index (Phi) is 1.81. The molecule has 0 atom stereocenters. The highest BCUT2D eigenvalue weighted by atomic mass is 16.3. The highest BCUT2D eigenvalue weighted by Gasteiger charge is 1.99. The summed E-state index contributed by atoms with van der Waals surface area (Å²) >= 11 is 0. The Bertz CT molecular complexity index is 262. The van der Waals surface area contributed by atoms with Gasteiger partial charge >= 0.3 is 5.69 Å². The van der Waals surface area contributed by atoms with Crippen LogP contribution >= 0.6 is 0 Å². The van der Waals surface area contributed by atoms with E-state index in [4.69, 9.17) is 5.11 Å². The molecule has 56 valence electrons. The van der Waals surface area contributed by atoms with Crippen molar-refractivity contribution in [1.82, 2.24) is 19.8 Å². The van der Waals surface area contributed by atoms with Crippen LogP contribution in [0.5, 0.6) is 0 Å². The number of aliphatic hydroxyl groups excluding tert-OH is 1. The summed E-state index contributed by atoms with van der Waals surface area (Å²) in [5.41, 5.74) is -0.311. The zero-order valence-electron chi connectivity index (χ0n) is 5.56. The van der Waals surface area contributed by atoms with E-state index >= 15 is 0 Å². The van der Waals surface area contributed by atoms with Gasteiger partial charge in [-0.3, -0.25) is 0 Å². The van der Waals surface area contributed by atoms with Crippen molar-refractivity contribution in [3.63, 3.8) is 0 Å². The van der Waals surface area contributed by atoms with Crippen LogP contribution in [-0.2, 0) is 13.6 Å². The standard InChI is InChI=1S/C4H8N4O2/c1-7-4(10)8(2-3-9)6-5-7/h9H,2-3H2,1H3. The van der Waals surface area contributed by atoms with E-state index in [1.165, 1.54) is 7.05 Å². The molecular formula is C4H8N4O2. The predicted molar refractivity (Wildman–Crippen MR) is 32.3 cm³/mol. The van der Waals surface area contributed by atoms with Crippen LogP contribution in [0.2, 0.25) is 0 Å². The van der Waals surface area contributed by atoms with Crippen molar-refractivity contribution in [2.75, 3.05) is 6.61 Å². The molecular weight excluding hydrogens is 136 g/mol. The molecule has 0 amide bonds. The van der Waals surface area contributed by atoms with Gasteiger partial charge in [0.1, 0.15) is 0 Å². The Labute approximate surface area is 56.7 Å². The quantitative estimate of drug-likeness (QED) is 0.519. The first-order valence-electron chi connectivity index (χ1n) is 2.83. The first-order valence-corrected chi connectivity index (χ1v) is 2.83. The molecule has 0 aromatic carbocycles. The normalized spacial score (nSPS) is 10.2. The molecule has 0 saturated heterocycles. The van der Waals surface area contributed by atoms with E-state index in [1.807, 2.05) is 0 Å². The van der Waals surface area contributed by atoms with E-state index in [0.717, 1.165) is 9.36 Å². The van der Waals surface area contributed by atoms with Crippen LogP contribution in [0, 0.1) is 0 Å². The first kappa shape index (κ1) is 6.94. The van der Waals surface area contributed by atoms with Crippen molar-refractivity contribution in [2.45, 2.75) is 6.54 Å². The van der Waals surface area contributed by atoms with E-state index in [1.54, 1.807) is 0 Å². The monoisotopic (exact) mass is 144 g/mol. The van der Waals surface area contributed by atoms with E-state index in [9.17, 15) is 4.79 Å². The third kappa shape index (κ3) is 1.06. The summed E-state index contributed by atoms with van der Waals surface area (Å²) in [5, 5.41) is 15.3. The molecule has 0 aliphatic rings.